The third-order valence-corrected chi connectivity index (χ3v) is 6.71. The molecule has 0 spiro atoms. The van der Waals surface area contributed by atoms with E-state index in [9.17, 15) is 18.7 Å². The number of carboxylic acid groups (broad SMARTS) is 1. The average molecular weight is 481 g/mol. The molecule has 33 heavy (non-hydrogen) atoms. The van der Waals surface area contributed by atoms with E-state index in [1.807, 2.05) is 0 Å². The zero-order chi connectivity index (χ0) is 24.2. The van der Waals surface area contributed by atoms with Crippen LogP contribution in [0.3, 0.4) is 0 Å². The number of carboxylic acids is 1. The van der Waals surface area contributed by atoms with Crippen molar-refractivity contribution in [3.05, 3.63) is 58.6 Å². The van der Waals surface area contributed by atoms with E-state index in [0.29, 0.717) is 41.8 Å². The van der Waals surface area contributed by atoms with Crippen molar-refractivity contribution < 1.29 is 28.7 Å². The molecule has 0 aliphatic heterocycles. The molecule has 6 nitrogen and oxygen atoms in total. The van der Waals surface area contributed by atoms with Gasteiger partial charge in [0, 0.05) is 23.2 Å². The largest absolute Gasteiger partial charge is 0.480 e. The standard InChI is InChI=1S/C23H28BClF2N2O4/c25-17-5-3-14(4-6-17)15-9-20(26)19(21(27)10-15)13-29-18-11-16(12-18)23(28,22(30)31)7-1-2-8-24(32)33/h3-6,9-10,16,18,29,32-33H,1-2,7-8,11-13,28H2,(H,30,31). The van der Waals surface area contributed by atoms with Crippen molar-refractivity contribution in [2.24, 2.45) is 11.7 Å². The number of halogens is 3. The van der Waals surface area contributed by atoms with Crippen LogP contribution in [-0.2, 0) is 11.3 Å². The van der Waals surface area contributed by atoms with Gasteiger partial charge < -0.3 is 26.2 Å². The Kier molecular flexibility index (Phi) is 8.47. The van der Waals surface area contributed by atoms with E-state index in [2.05, 4.69) is 5.32 Å². The lowest BCUT2D eigenvalue weighted by Crippen LogP contribution is -2.61. The number of nitrogens with one attached hydrogen (secondary N) is 1. The molecule has 1 aliphatic rings. The smallest absolute Gasteiger partial charge is 0.451 e. The molecule has 1 aliphatic carbocycles. The van der Waals surface area contributed by atoms with E-state index in [4.69, 9.17) is 27.4 Å². The first-order chi connectivity index (χ1) is 15.6. The van der Waals surface area contributed by atoms with Crippen LogP contribution in [0.2, 0.25) is 11.3 Å². The molecule has 2 aromatic rings. The first-order valence-corrected chi connectivity index (χ1v) is 11.3. The quantitative estimate of drug-likeness (QED) is 0.248. The van der Waals surface area contributed by atoms with Gasteiger partial charge in [0.15, 0.2) is 0 Å². The number of nitrogens with two attached hydrogens (primary N) is 1. The Morgan fingerprint density at radius 2 is 1.73 bits per heavy atom. The maximum absolute atomic E-state index is 14.6. The summed E-state index contributed by atoms with van der Waals surface area (Å²) in [6.07, 6.45) is 2.28. The van der Waals surface area contributed by atoms with Crippen LogP contribution in [0.4, 0.5) is 8.78 Å². The SMILES string of the molecule is NC(CCCCB(O)O)(C(=O)O)C1CC(NCc2c(F)cc(-c3ccc(Cl)cc3)cc2F)C1. The Morgan fingerprint density at radius 1 is 1.12 bits per heavy atom. The Labute approximate surface area is 196 Å². The van der Waals surface area contributed by atoms with Crippen LogP contribution < -0.4 is 11.1 Å². The van der Waals surface area contributed by atoms with E-state index < -0.39 is 30.3 Å². The van der Waals surface area contributed by atoms with Crippen LogP contribution in [0.5, 0.6) is 0 Å². The highest BCUT2D eigenvalue weighted by Crippen LogP contribution is 2.38. The Bertz CT molecular complexity index is 950. The number of benzene rings is 2. The third kappa shape index (κ3) is 6.30. The molecule has 1 unspecified atom stereocenters. The van der Waals surface area contributed by atoms with Crippen molar-refractivity contribution in [3.63, 3.8) is 0 Å². The van der Waals surface area contributed by atoms with Crippen molar-refractivity contribution >= 4 is 24.7 Å². The van der Waals surface area contributed by atoms with Crippen molar-refractivity contribution in [3.8, 4) is 11.1 Å². The van der Waals surface area contributed by atoms with E-state index in [-0.39, 0.29) is 36.8 Å². The predicted molar refractivity (Wildman–Crippen MR) is 124 cm³/mol. The Morgan fingerprint density at radius 3 is 2.27 bits per heavy atom. The molecule has 3 rings (SSSR count). The lowest BCUT2D eigenvalue weighted by atomic mass is 9.66. The van der Waals surface area contributed by atoms with Gasteiger partial charge in [0.2, 0.25) is 0 Å². The summed E-state index contributed by atoms with van der Waals surface area (Å²) in [7, 11) is -1.42. The van der Waals surface area contributed by atoms with E-state index in [1.165, 1.54) is 12.1 Å². The average Bonchev–Trinajstić information content (AvgIpc) is 2.71. The normalized spacial score (nSPS) is 19.6. The fourth-order valence-electron chi connectivity index (χ4n) is 4.26. The number of rotatable bonds is 11. The van der Waals surface area contributed by atoms with Crippen LogP contribution in [-0.4, -0.2) is 39.8 Å². The lowest BCUT2D eigenvalue weighted by molar-refractivity contribution is -0.148. The van der Waals surface area contributed by atoms with Crippen LogP contribution >= 0.6 is 11.6 Å². The summed E-state index contributed by atoms with van der Waals surface area (Å²) >= 11 is 5.86. The molecule has 6 N–H and O–H groups in total. The summed E-state index contributed by atoms with van der Waals surface area (Å²) in [5, 5.41) is 31.1. The van der Waals surface area contributed by atoms with Crippen LogP contribution in [0.15, 0.2) is 36.4 Å². The molecular weight excluding hydrogens is 453 g/mol. The van der Waals surface area contributed by atoms with Gasteiger partial charge in [-0.2, -0.15) is 0 Å². The van der Waals surface area contributed by atoms with Crippen LogP contribution in [0, 0.1) is 17.6 Å². The molecular formula is C23H28BClF2N2O4. The number of aliphatic carboxylic acids is 1. The molecule has 1 saturated carbocycles. The molecule has 0 saturated heterocycles. The zero-order valence-electron chi connectivity index (χ0n) is 18.1. The van der Waals surface area contributed by atoms with Gasteiger partial charge in [-0.3, -0.25) is 4.79 Å². The summed E-state index contributed by atoms with van der Waals surface area (Å²) in [5.41, 5.74) is 5.77. The second-order valence-electron chi connectivity index (χ2n) is 8.74. The van der Waals surface area contributed by atoms with Crippen molar-refractivity contribution in [1.29, 1.82) is 0 Å². The highest BCUT2D eigenvalue weighted by atomic mass is 35.5. The molecule has 0 radical (unpaired) electrons. The second kappa shape index (κ2) is 10.9. The predicted octanol–water partition coefficient (Wildman–Crippen LogP) is 3.58. The first-order valence-electron chi connectivity index (χ1n) is 11.0. The summed E-state index contributed by atoms with van der Waals surface area (Å²) in [6, 6.07) is 9.16. The van der Waals surface area contributed by atoms with Crippen LogP contribution in [0.1, 0.15) is 37.7 Å². The zero-order valence-corrected chi connectivity index (χ0v) is 18.9. The molecule has 0 amide bonds. The molecule has 0 aromatic heterocycles. The highest BCUT2D eigenvalue weighted by Gasteiger charge is 2.48. The maximum atomic E-state index is 14.6. The minimum absolute atomic E-state index is 0.0189. The molecule has 1 atom stereocenters. The maximum Gasteiger partial charge on any atom is 0.451 e. The van der Waals surface area contributed by atoms with Gasteiger partial charge in [-0.25, -0.2) is 8.78 Å². The molecule has 1 fully saturated rings. The summed E-state index contributed by atoms with van der Waals surface area (Å²) < 4.78 is 29.2. The van der Waals surface area contributed by atoms with Crippen molar-refractivity contribution in [1.82, 2.24) is 5.32 Å². The van der Waals surface area contributed by atoms with Crippen LogP contribution in [0.25, 0.3) is 11.1 Å². The topological polar surface area (TPSA) is 116 Å². The van der Waals surface area contributed by atoms with Gasteiger partial charge in [0.25, 0.3) is 0 Å². The van der Waals surface area contributed by atoms with Gasteiger partial charge in [0.05, 0.1) is 0 Å². The number of carbonyl (C=O) groups is 1. The molecule has 2 aromatic carbocycles. The minimum Gasteiger partial charge on any atom is -0.480 e. The number of unbranched alkanes of at least 4 members (excludes halogenated alkanes) is 1. The van der Waals surface area contributed by atoms with E-state index >= 15 is 0 Å². The second-order valence-corrected chi connectivity index (χ2v) is 9.18. The van der Waals surface area contributed by atoms with Crippen molar-refractivity contribution in [2.75, 3.05) is 0 Å². The Hall–Kier alpha value is -2.04. The lowest BCUT2D eigenvalue weighted by Gasteiger charge is -2.45. The molecule has 0 heterocycles. The summed E-state index contributed by atoms with van der Waals surface area (Å²) in [4.78, 5) is 11.8. The number of hydrogen-bond donors (Lipinski definition) is 5. The van der Waals surface area contributed by atoms with Gasteiger partial charge in [-0.1, -0.05) is 36.6 Å². The first kappa shape index (κ1) is 25.6. The van der Waals surface area contributed by atoms with Crippen molar-refractivity contribution in [2.45, 2.75) is 56.5 Å². The third-order valence-electron chi connectivity index (χ3n) is 6.45. The highest BCUT2D eigenvalue weighted by molar-refractivity contribution is 6.40. The van der Waals surface area contributed by atoms with Gasteiger partial charge in [-0.05, 0) is 66.9 Å². The van der Waals surface area contributed by atoms with Gasteiger partial charge >= 0.3 is 13.1 Å². The fraction of sp³-hybridized carbons (Fsp3) is 0.435. The van der Waals surface area contributed by atoms with E-state index in [0.717, 1.165) is 0 Å². The number of hydrogen-bond acceptors (Lipinski definition) is 5. The van der Waals surface area contributed by atoms with Gasteiger partial charge in [-0.15, -0.1) is 0 Å². The fourth-order valence-corrected chi connectivity index (χ4v) is 4.39. The van der Waals surface area contributed by atoms with Gasteiger partial charge in [0.1, 0.15) is 17.2 Å². The summed E-state index contributed by atoms with van der Waals surface area (Å²) in [5.74, 6) is -2.68. The van der Waals surface area contributed by atoms with E-state index in [1.54, 1.807) is 24.3 Å². The summed E-state index contributed by atoms with van der Waals surface area (Å²) in [6.45, 7) is -0.0189. The molecule has 0 bridgehead atoms. The minimum atomic E-state index is -1.42. The molecule has 178 valence electrons. The monoisotopic (exact) mass is 480 g/mol. The Balaban J connectivity index is 1.55. The molecule has 10 heteroatoms.